The van der Waals surface area contributed by atoms with Gasteiger partial charge in [0.15, 0.2) is 5.65 Å². The summed E-state index contributed by atoms with van der Waals surface area (Å²) in [4.78, 5) is 4.30. The average molecular weight is 240 g/mol. The Morgan fingerprint density at radius 2 is 1.89 bits per heavy atom. The molecule has 0 aliphatic carbocycles. The Kier molecular flexibility index (Phi) is 2.37. The van der Waals surface area contributed by atoms with E-state index in [0.717, 1.165) is 22.5 Å². The topological polar surface area (TPSA) is 66.0 Å². The van der Waals surface area contributed by atoms with Crippen molar-refractivity contribution in [1.29, 1.82) is 0 Å². The van der Waals surface area contributed by atoms with Crippen LogP contribution < -0.4 is 10.5 Å². The molecule has 0 aliphatic heterocycles. The summed E-state index contributed by atoms with van der Waals surface area (Å²) in [6.07, 6.45) is 1.77. The van der Waals surface area contributed by atoms with E-state index in [1.54, 1.807) is 24.1 Å². The van der Waals surface area contributed by atoms with Crippen molar-refractivity contribution in [2.24, 2.45) is 0 Å². The van der Waals surface area contributed by atoms with Gasteiger partial charge in [-0.3, -0.25) is 0 Å². The van der Waals surface area contributed by atoms with Crippen molar-refractivity contribution >= 4 is 16.9 Å². The van der Waals surface area contributed by atoms with Gasteiger partial charge in [-0.1, -0.05) is 0 Å². The van der Waals surface area contributed by atoms with Crippen LogP contribution in [-0.2, 0) is 0 Å². The Balaban J connectivity index is 2.15. The summed E-state index contributed by atoms with van der Waals surface area (Å²) in [6.45, 7) is 0. The molecule has 18 heavy (non-hydrogen) atoms. The first-order chi connectivity index (χ1) is 8.78. The molecule has 2 aromatic heterocycles. The molecule has 0 unspecified atom stereocenters. The van der Waals surface area contributed by atoms with Crippen molar-refractivity contribution in [1.82, 2.24) is 14.8 Å². The molecule has 5 nitrogen and oxygen atoms in total. The summed E-state index contributed by atoms with van der Waals surface area (Å²) in [6, 6.07) is 11.3. The Labute approximate surface area is 104 Å². The van der Waals surface area contributed by atoms with Gasteiger partial charge < -0.3 is 10.5 Å². The summed E-state index contributed by atoms with van der Waals surface area (Å²) in [7, 11) is 1.64. The SMILES string of the molecule is COc1ccc(-n2ncc3ccc(N)nc32)cc1. The van der Waals surface area contributed by atoms with Crippen LogP contribution in [0.15, 0.2) is 42.6 Å². The van der Waals surface area contributed by atoms with Gasteiger partial charge in [-0.2, -0.15) is 5.10 Å². The van der Waals surface area contributed by atoms with E-state index in [4.69, 9.17) is 10.5 Å². The highest BCUT2D eigenvalue weighted by Crippen LogP contribution is 2.19. The molecule has 5 heteroatoms. The van der Waals surface area contributed by atoms with Gasteiger partial charge in [-0.25, -0.2) is 9.67 Å². The normalized spacial score (nSPS) is 10.7. The van der Waals surface area contributed by atoms with Crippen molar-refractivity contribution in [3.8, 4) is 11.4 Å². The van der Waals surface area contributed by atoms with Crippen molar-refractivity contribution in [3.05, 3.63) is 42.6 Å². The van der Waals surface area contributed by atoms with Crippen LogP contribution in [0.1, 0.15) is 0 Å². The Morgan fingerprint density at radius 3 is 2.61 bits per heavy atom. The Hall–Kier alpha value is -2.56. The zero-order valence-electron chi connectivity index (χ0n) is 9.87. The number of methoxy groups -OCH3 is 1. The van der Waals surface area contributed by atoms with E-state index in [9.17, 15) is 0 Å². The van der Waals surface area contributed by atoms with Crippen LogP contribution in [-0.4, -0.2) is 21.9 Å². The van der Waals surface area contributed by atoms with Gasteiger partial charge in [0.05, 0.1) is 19.0 Å². The molecule has 2 heterocycles. The molecule has 0 atom stereocenters. The van der Waals surface area contributed by atoms with Crippen LogP contribution in [0.3, 0.4) is 0 Å². The summed E-state index contributed by atoms with van der Waals surface area (Å²) in [5, 5.41) is 5.28. The number of pyridine rings is 1. The predicted molar refractivity (Wildman–Crippen MR) is 69.8 cm³/mol. The van der Waals surface area contributed by atoms with Gasteiger partial charge in [0.2, 0.25) is 0 Å². The second-order valence-electron chi connectivity index (χ2n) is 3.90. The first kappa shape index (κ1) is 10.6. The van der Waals surface area contributed by atoms with E-state index in [-0.39, 0.29) is 0 Å². The minimum Gasteiger partial charge on any atom is -0.497 e. The number of hydrogen-bond donors (Lipinski definition) is 1. The molecule has 0 saturated carbocycles. The van der Waals surface area contributed by atoms with E-state index in [1.807, 2.05) is 30.3 Å². The number of benzene rings is 1. The smallest absolute Gasteiger partial charge is 0.165 e. The minimum absolute atomic E-state index is 0.484. The third-order valence-corrected chi connectivity index (χ3v) is 2.76. The zero-order chi connectivity index (χ0) is 12.5. The third-order valence-electron chi connectivity index (χ3n) is 2.76. The number of ether oxygens (including phenoxy) is 1. The first-order valence-corrected chi connectivity index (χ1v) is 5.52. The summed E-state index contributed by atoms with van der Waals surface area (Å²) in [5.74, 6) is 1.29. The van der Waals surface area contributed by atoms with E-state index >= 15 is 0 Å². The molecule has 0 radical (unpaired) electrons. The van der Waals surface area contributed by atoms with Crippen LogP contribution in [0.4, 0.5) is 5.82 Å². The fraction of sp³-hybridized carbons (Fsp3) is 0.0769. The second kappa shape index (κ2) is 4.03. The molecule has 3 rings (SSSR count). The maximum Gasteiger partial charge on any atom is 0.165 e. The molecule has 0 saturated heterocycles. The molecule has 90 valence electrons. The molecule has 0 aliphatic rings. The fourth-order valence-corrected chi connectivity index (χ4v) is 1.83. The summed E-state index contributed by atoms with van der Waals surface area (Å²) < 4.78 is 6.88. The highest BCUT2D eigenvalue weighted by atomic mass is 16.5. The number of hydrogen-bond acceptors (Lipinski definition) is 4. The lowest BCUT2D eigenvalue weighted by Gasteiger charge is -2.04. The molecule has 0 spiro atoms. The van der Waals surface area contributed by atoms with Gasteiger partial charge in [0.1, 0.15) is 11.6 Å². The monoisotopic (exact) mass is 240 g/mol. The number of nitrogens with two attached hydrogens (primary N) is 1. The Morgan fingerprint density at radius 1 is 1.11 bits per heavy atom. The van der Waals surface area contributed by atoms with E-state index in [1.165, 1.54) is 0 Å². The van der Waals surface area contributed by atoms with Crippen LogP contribution in [0.5, 0.6) is 5.75 Å². The standard InChI is InChI=1S/C13H12N4O/c1-18-11-5-3-10(4-6-11)17-13-9(8-15-17)2-7-12(14)16-13/h2-8H,1H3,(H2,14,16). The lowest BCUT2D eigenvalue weighted by Crippen LogP contribution is -1.99. The largest absolute Gasteiger partial charge is 0.497 e. The molecule has 1 aromatic carbocycles. The van der Waals surface area contributed by atoms with E-state index < -0.39 is 0 Å². The van der Waals surface area contributed by atoms with Crippen LogP contribution in [0, 0.1) is 0 Å². The van der Waals surface area contributed by atoms with Gasteiger partial charge >= 0.3 is 0 Å². The molecular weight excluding hydrogens is 228 g/mol. The lowest BCUT2D eigenvalue weighted by molar-refractivity contribution is 0.414. The number of nitrogen functional groups attached to an aromatic ring is 1. The second-order valence-corrected chi connectivity index (χ2v) is 3.90. The summed E-state index contributed by atoms with van der Waals surface area (Å²) in [5.41, 5.74) is 7.37. The van der Waals surface area contributed by atoms with Crippen molar-refractivity contribution in [3.63, 3.8) is 0 Å². The Bertz CT molecular complexity index is 688. The van der Waals surface area contributed by atoms with Crippen LogP contribution >= 0.6 is 0 Å². The average Bonchev–Trinajstić information content (AvgIpc) is 2.82. The predicted octanol–water partition coefficient (Wildman–Crippen LogP) is 2.01. The van der Waals surface area contributed by atoms with Crippen molar-refractivity contribution in [2.45, 2.75) is 0 Å². The minimum atomic E-state index is 0.484. The van der Waals surface area contributed by atoms with E-state index in [2.05, 4.69) is 10.1 Å². The maximum absolute atomic E-state index is 5.70. The van der Waals surface area contributed by atoms with Crippen molar-refractivity contribution < 1.29 is 4.74 Å². The highest BCUT2D eigenvalue weighted by Gasteiger charge is 2.06. The molecule has 2 N–H and O–H groups in total. The quantitative estimate of drug-likeness (QED) is 0.744. The molecule has 0 amide bonds. The van der Waals surface area contributed by atoms with Crippen LogP contribution in [0.25, 0.3) is 16.7 Å². The number of anilines is 1. The van der Waals surface area contributed by atoms with Gasteiger partial charge in [0.25, 0.3) is 0 Å². The van der Waals surface area contributed by atoms with Gasteiger partial charge in [-0.15, -0.1) is 0 Å². The van der Waals surface area contributed by atoms with Crippen molar-refractivity contribution in [2.75, 3.05) is 12.8 Å². The van der Waals surface area contributed by atoms with Gasteiger partial charge in [0, 0.05) is 5.39 Å². The van der Waals surface area contributed by atoms with Crippen LogP contribution in [0.2, 0.25) is 0 Å². The molecule has 0 bridgehead atoms. The summed E-state index contributed by atoms with van der Waals surface area (Å²) >= 11 is 0. The number of fused-ring (bicyclic) bond motifs is 1. The number of nitrogens with zero attached hydrogens (tertiary/aromatic N) is 3. The third kappa shape index (κ3) is 1.66. The number of aromatic nitrogens is 3. The maximum atomic E-state index is 5.70. The number of rotatable bonds is 2. The molecule has 0 fully saturated rings. The van der Waals surface area contributed by atoms with Gasteiger partial charge in [-0.05, 0) is 36.4 Å². The molecular formula is C13H12N4O. The fourth-order valence-electron chi connectivity index (χ4n) is 1.83. The first-order valence-electron chi connectivity index (χ1n) is 5.52. The molecule has 3 aromatic rings. The highest BCUT2D eigenvalue weighted by molar-refractivity contribution is 5.77. The zero-order valence-corrected chi connectivity index (χ0v) is 9.87. The lowest BCUT2D eigenvalue weighted by atomic mass is 10.3. The van der Waals surface area contributed by atoms with E-state index in [0.29, 0.717) is 5.82 Å².